The van der Waals surface area contributed by atoms with Gasteiger partial charge in [-0.25, -0.2) is 0 Å². The van der Waals surface area contributed by atoms with Crippen LogP contribution in [0.25, 0.3) is 0 Å². The number of carboxylic acids is 1. The molecule has 150 valence electrons. The second-order valence-corrected chi connectivity index (χ2v) is 5.92. The van der Waals surface area contributed by atoms with Gasteiger partial charge >= 0.3 is 5.97 Å². The number of hydrogen-bond acceptors (Lipinski definition) is 4. The van der Waals surface area contributed by atoms with Crippen LogP contribution in [0.3, 0.4) is 0 Å². The second kappa shape index (κ2) is 17.2. The zero-order valence-electron chi connectivity index (χ0n) is 15.9. The van der Waals surface area contributed by atoms with E-state index in [1.54, 1.807) is 54.7 Å². The normalized spacial score (nSPS) is 16.6. The molecule has 0 aromatic rings. The maximum atomic E-state index is 10.4. The standard InChI is InChI=1S/C22H32O5/c1-2-3-9-14-19(23)15-10-6-4-5-7-11-16-20(24)21(25)17-12-8-13-18-22(26)27/h3-12,15-16,19-21,23-25H,2,13-14,17-18H2,1H3,(H,26,27)/b6-4-,7-5+,9-3-,12-8-,15-10+,16-11+/t19-,20+,21+/m1/s1. The van der Waals surface area contributed by atoms with Crippen molar-refractivity contribution in [1.82, 2.24) is 0 Å². The van der Waals surface area contributed by atoms with E-state index in [-0.39, 0.29) is 12.8 Å². The number of allylic oxidation sites excluding steroid dienone is 8. The van der Waals surface area contributed by atoms with Crippen LogP contribution in [0.2, 0.25) is 0 Å². The molecule has 0 heterocycles. The molecule has 0 spiro atoms. The van der Waals surface area contributed by atoms with E-state index in [0.717, 1.165) is 6.42 Å². The van der Waals surface area contributed by atoms with E-state index < -0.39 is 24.3 Å². The lowest BCUT2D eigenvalue weighted by Gasteiger charge is -2.11. The van der Waals surface area contributed by atoms with Gasteiger partial charge in [-0.05, 0) is 25.7 Å². The fraction of sp³-hybridized carbons (Fsp3) is 0.409. The van der Waals surface area contributed by atoms with Crippen molar-refractivity contribution in [3.63, 3.8) is 0 Å². The summed E-state index contributed by atoms with van der Waals surface area (Å²) in [4.78, 5) is 10.4. The van der Waals surface area contributed by atoms with E-state index >= 15 is 0 Å². The van der Waals surface area contributed by atoms with Crippen molar-refractivity contribution >= 4 is 5.97 Å². The van der Waals surface area contributed by atoms with Gasteiger partial charge in [0.05, 0.1) is 18.3 Å². The highest BCUT2D eigenvalue weighted by Gasteiger charge is 2.10. The SMILES string of the molecule is CC/C=C\C[C@@H](O)/C=C/C=C\C=C\C=C\[C@H](O)[C@@H](O)C/C=C\CCC(=O)O. The summed E-state index contributed by atoms with van der Waals surface area (Å²) in [6.45, 7) is 2.05. The van der Waals surface area contributed by atoms with Crippen LogP contribution in [-0.2, 0) is 4.79 Å². The Kier molecular flexibility index (Phi) is 15.8. The quantitative estimate of drug-likeness (QED) is 0.275. The first-order valence-corrected chi connectivity index (χ1v) is 9.21. The molecule has 0 rings (SSSR count). The Balaban J connectivity index is 4.06. The van der Waals surface area contributed by atoms with Gasteiger partial charge in [-0.2, -0.15) is 0 Å². The van der Waals surface area contributed by atoms with Gasteiger partial charge in [0.1, 0.15) is 0 Å². The average Bonchev–Trinajstić information content (AvgIpc) is 2.63. The highest BCUT2D eigenvalue weighted by atomic mass is 16.4. The first-order chi connectivity index (χ1) is 13.0. The molecule has 4 N–H and O–H groups in total. The second-order valence-electron chi connectivity index (χ2n) is 5.92. The van der Waals surface area contributed by atoms with Gasteiger partial charge in [0, 0.05) is 6.42 Å². The molecule has 3 atom stereocenters. The van der Waals surface area contributed by atoms with Crippen LogP contribution in [0, 0.1) is 0 Å². The molecule has 0 aromatic heterocycles. The Labute approximate surface area is 162 Å². The Morgan fingerprint density at radius 1 is 0.815 bits per heavy atom. The van der Waals surface area contributed by atoms with Crippen molar-refractivity contribution in [3.8, 4) is 0 Å². The molecule has 0 aliphatic heterocycles. The first-order valence-electron chi connectivity index (χ1n) is 9.21. The van der Waals surface area contributed by atoms with Gasteiger partial charge in [-0.3, -0.25) is 4.79 Å². The van der Waals surface area contributed by atoms with E-state index in [2.05, 4.69) is 0 Å². The third-order valence-corrected chi connectivity index (χ3v) is 3.44. The Morgan fingerprint density at radius 2 is 1.41 bits per heavy atom. The summed E-state index contributed by atoms with van der Waals surface area (Å²) < 4.78 is 0. The van der Waals surface area contributed by atoms with Crippen LogP contribution in [-0.4, -0.2) is 44.7 Å². The molecule has 0 aromatic carbocycles. The molecule has 0 saturated heterocycles. The molecule has 0 amide bonds. The predicted octanol–water partition coefficient (Wildman–Crippen LogP) is 3.46. The van der Waals surface area contributed by atoms with E-state index in [0.29, 0.717) is 12.8 Å². The van der Waals surface area contributed by atoms with E-state index in [1.807, 2.05) is 19.1 Å². The van der Waals surface area contributed by atoms with Crippen LogP contribution in [0.4, 0.5) is 0 Å². The van der Waals surface area contributed by atoms with Gasteiger partial charge in [-0.15, -0.1) is 0 Å². The van der Waals surface area contributed by atoms with E-state index in [4.69, 9.17) is 5.11 Å². The largest absolute Gasteiger partial charge is 0.481 e. The maximum absolute atomic E-state index is 10.4. The third kappa shape index (κ3) is 17.0. The Hall–Kier alpha value is -2.21. The maximum Gasteiger partial charge on any atom is 0.303 e. The highest BCUT2D eigenvalue weighted by molar-refractivity contribution is 5.66. The lowest BCUT2D eigenvalue weighted by Crippen LogP contribution is -2.22. The van der Waals surface area contributed by atoms with Crippen LogP contribution in [0.15, 0.2) is 72.9 Å². The summed E-state index contributed by atoms with van der Waals surface area (Å²) in [5, 5.41) is 37.7. The molecule has 5 heteroatoms. The van der Waals surface area contributed by atoms with Crippen molar-refractivity contribution in [2.24, 2.45) is 0 Å². The molecule has 0 aliphatic rings. The molecular formula is C22H32O5. The smallest absolute Gasteiger partial charge is 0.303 e. The Bertz CT molecular complexity index is 555. The summed E-state index contributed by atoms with van der Waals surface area (Å²) in [6.07, 6.45) is 20.9. The average molecular weight is 376 g/mol. The van der Waals surface area contributed by atoms with Crippen molar-refractivity contribution in [2.45, 2.75) is 57.3 Å². The molecule has 0 radical (unpaired) electrons. The number of aliphatic hydroxyl groups excluding tert-OH is 3. The summed E-state index contributed by atoms with van der Waals surface area (Å²) in [6, 6.07) is 0. The minimum Gasteiger partial charge on any atom is -0.481 e. The Morgan fingerprint density at radius 3 is 2.04 bits per heavy atom. The lowest BCUT2D eigenvalue weighted by molar-refractivity contribution is -0.136. The fourth-order valence-electron chi connectivity index (χ4n) is 1.94. The van der Waals surface area contributed by atoms with Crippen LogP contribution in [0.1, 0.15) is 39.0 Å². The van der Waals surface area contributed by atoms with Crippen molar-refractivity contribution < 1.29 is 25.2 Å². The predicted molar refractivity (Wildman–Crippen MR) is 109 cm³/mol. The number of aliphatic hydroxyl groups is 3. The minimum absolute atomic E-state index is 0.0530. The van der Waals surface area contributed by atoms with Crippen molar-refractivity contribution in [1.29, 1.82) is 0 Å². The molecule has 0 aliphatic carbocycles. The summed E-state index contributed by atoms with van der Waals surface area (Å²) in [5.74, 6) is -0.861. The highest BCUT2D eigenvalue weighted by Crippen LogP contribution is 2.03. The van der Waals surface area contributed by atoms with Gasteiger partial charge in [0.15, 0.2) is 0 Å². The zero-order valence-corrected chi connectivity index (χ0v) is 15.9. The van der Waals surface area contributed by atoms with Gasteiger partial charge in [0.25, 0.3) is 0 Å². The summed E-state index contributed by atoms with van der Waals surface area (Å²) >= 11 is 0. The molecular weight excluding hydrogens is 344 g/mol. The van der Waals surface area contributed by atoms with Crippen molar-refractivity contribution in [3.05, 3.63) is 72.9 Å². The van der Waals surface area contributed by atoms with Crippen LogP contribution in [0.5, 0.6) is 0 Å². The van der Waals surface area contributed by atoms with Crippen molar-refractivity contribution in [2.75, 3.05) is 0 Å². The summed E-state index contributed by atoms with van der Waals surface area (Å²) in [7, 11) is 0. The monoisotopic (exact) mass is 376 g/mol. The summed E-state index contributed by atoms with van der Waals surface area (Å²) in [5.41, 5.74) is 0. The van der Waals surface area contributed by atoms with E-state index in [1.165, 1.54) is 6.08 Å². The minimum atomic E-state index is -0.992. The van der Waals surface area contributed by atoms with E-state index in [9.17, 15) is 20.1 Å². The van der Waals surface area contributed by atoms with Crippen LogP contribution >= 0.6 is 0 Å². The molecule has 0 saturated carbocycles. The van der Waals surface area contributed by atoms with Gasteiger partial charge < -0.3 is 20.4 Å². The molecule has 27 heavy (non-hydrogen) atoms. The fourth-order valence-corrected chi connectivity index (χ4v) is 1.94. The topological polar surface area (TPSA) is 98.0 Å². The molecule has 5 nitrogen and oxygen atoms in total. The zero-order chi connectivity index (χ0) is 20.3. The van der Waals surface area contributed by atoms with Gasteiger partial charge in [0.2, 0.25) is 0 Å². The third-order valence-electron chi connectivity index (χ3n) is 3.44. The van der Waals surface area contributed by atoms with Gasteiger partial charge in [-0.1, -0.05) is 79.8 Å². The number of aliphatic carboxylic acids is 1. The first kappa shape index (κ1) is 24.8. The molecule has 0 unspecified atom stereocenters. The number of rotatable bonds is 14. The number of carbonyl (C=O) groups is 1. The lowest BCUT2D eigenvalue weighted by atomic mass is 10.1. The number of carboxylic acid groups (broad SMARTS) is 1. The van der Waals surface area contributed by atoms with Crippen LogP contribution < -0.4 is 0 Å². The molecule has 0 bridgehead atoms. The number of hydrogen-bond donors (Lipinski definition) is 4. The molecule has 0 fully saturated rings.